The zero-order valence-corrected chi connectivity index (χ0v) is 17.6. The molecular weight excluding hydrogens is 354 g/mol. The number of amides is 1. The Bertz CT molecular complexity index is 627. The van der Waals surface area contributed by atoms with E-state index in [1.165, 1.54) is 5.69 Å². The standard InChI is InChI=1S/C21H35N5O2/c1-5-22-19(23-13-9-14-24-20(27)28-21(2,3)4)25-17-12-15-26(16-17)18-10-7-6-8-11-18/h6-8,10-11,17H,5,9,12-16H2,1-4H3,(H,24,27)(H2,22,23,25). The predicted octanol–water partition coefficient (Wildman–Crippen LogP) is 2.74. The summed E-state index contributed by atoms with van der Waals surface area (Å²) in [4.78, 5) is 18.7. The predicted molar refractivity (Wildman–Crippen MR) is 115 cm³/mol. The van der Waals surface area contributed by atoms with E-state index in [0.717, 1.165) is 38.4 Å². The number of carbonyl (C=O) groups is 1. The lowest BCUT2D eigenvalue weighted by atomic mass is 10.2. The molecule has 1 heterocycles. The molecular formula is C21H35N5O2. The van der Waals surface area contributed by atoms with Crippen molar-refractivity contribution in [2.45, 2.75) is 52.2 Å². The highest BCUT2D eigenvalue weighted by molar-refractivity contribution is 5.80. The molecule has 1 saturated heterocycles. The van der Waals surface area contributed by atoms with Crippen molar-refractivity contribution in [3.63, 3.8) is 0 Å². The van der Waals surface area contributed by atoms with Crippen molar-refractivity contribution in [2.75, 3.05) is 37.6 Å². The Morgan fingerprint density at radius 2 is 2.00 bits per heavy atom. The number of guanidine groups is 1. The van der Waals surface area contributed by atoms with Crippen LogP contribution in [0.2, 0.25) is 0 Å². The van der Waals surface area contributed by atoms with Gasteiger partial charge in [-0.25, -0.2) is 4.79 Å². The van der Waals surface area contributed by atoms with Crippen LogP contribution in [0, 0.1) is 0 Å². The summed E-state index contributed by atoms with van der Waals surface area (Å²) in [6.45, 7) is 11.6. The van der Waals surface area contributed by atoms with Crippen LogP contribution in [0.3, 0.4) is 0 Å². The summed E-state index contributed by atoms with van der Waals surface area (Å²) in [5.41, 5.74) is 0.793. The average Bonchev–Trinajstić information content (AvgIpc) is 3.09. The van der Waals surface area contributed by atoms with Crippen molar-refractivity contribution in [3.8, 4) is 0 Å². The van der Waals surface area contributed by atoms with E-state index in [1.54, 1.807) is 0 Å². The molecule has 0 aromatic heterocycles. The molecule has 156 valence electrons. The minimum atomic E-state index is -0.473. The molecule has 7 heteroatoms. The molecule has 1 atom stereocenters. The second-order valence-corrected chi connectivity index (χ2v) is 7.95. The zero-order valence-electron chi connectivity index (χ0n) is 17.6. The van der Waals surface area contributed by atoms with Crippen LogP contribution in [0.15, 0.2) is 35.3 Å². The number of alkyl carbamates (subject to hydrolysis) is 1. The molecule has 3 N–H and O–H groups in total. The molecule has 1 fully saturated rings. The summed E-state index contributed by atoms with van der Waals surface area (Å²) in [6.07, 6.45) is 1.46. The van der Waals surface area contributed by atoms with Gasteiger partial charge in [-0.05, 0) is 52.7 Å². The zero-order chi connectivity index (χ0) is 20.4. The van der Waals surface area contributed by atoms with Gasteiger partial charge in [-0.3, -0.25) is 4.99 Å². The normalized spacial score (nSPS) is 17.4. The maximum Gasteiger partial charge on any atom is 0.407 e. The maximum absolute atomic E-state index is 11.6. The molecule has 1 aliphatic heterocycles. The van der Waals surface area contributed by atoms with Crippen molar-refractivity contribution in [1.29, 1.82) is 0 Å². The van der Waals surface area contributed by atoms with Crippen LogP contribution >= 0.6 is 0 Å². The molecule has 7 nitrogen and oxygen atoms in total. The summed E-state index contributed by atoms with van der Waals surface area (Å²) in [5, 5.41) is 9.60. The van der Waals surface area contributed by atoms with E-state index in [2.05, 4.69) is 57.0 Å². The van der Waals surface area contributed by atoms with Crippen LogP contribution in [-0.4, -0.2) is 56.4 Å². The smallest absolute Gasteiger partial charge is 0.407 e. The minimum absolute atomic E-state index is 0.373. The van der Waals surface area contributed by atoms with Crippen LogP contribution in [0.4, 0.5) is 10.5 Å². The molecule has 1 aromatic rings. The van der Waals surface area contributed by atoms with Crippen molar-refractivity contribution in [2.24, 2.45) is 4.99 Å². The van der Waals surface area contributed by atoms with Gasteiger partial charge in [0.1, 0.15) is 5.60 Å². The number of anilines is 1. The fourth-order valence-corrected chi connectivity index (χ4v) is 3.04. The highest BCUT2D eigenvalue weighted by Crippen LogP contribution is 2.19. The molecule has 0 bridgehead atoms. The first-order valence-corrected chi connectivity index (χ1v) is 10.2. The number of rotatable bonds is 7. The lowest BCUT2D eigenvalue weighted by molar-refractivity contribution is 0.0527. The van der Waals surface area contributed by atoms with E-state index in [-0.39, 0.29) is 6.09 Å². The summed E-state index contributed by atoms with van der Waals surface area (Å²) >= 11 is 0. The number of hydrogen-bond acceptors (Lipinski definition) is 4. The van der Waals surface area contributed by atoms with Crippen LogP contribution in [0.5, 0.6) is 0 Å². The lowest BCUT2D eigenvalue weighted by Crippen LogP contribution is -2.44. The van der Waals surface area contributed by atoms with Gasteiger partial charge in [0.2, 0.25) is 0 Å². The molecule has 1 aliphatic rings. The molecule has 1 amide bonds. The molecule has 2 rings (SSSR count). The van der Waals surface area contributed by atoms with E-state index in [1.807, 2.05) is 26.8 Å². The fraction of sp³-hybridized carbons (Fsp3) is 0.619. The number of benzene rings is 1. The summed E-state index contributed by atoms with van der Waals surface area (Å²) in [5.74, 6) is 0.833. The summed E-state index contributed by atoms with van der Waals surface area (Å²) in [6, 6.07) is 10.9. The molecule has 1 unspecified atom stereocenters. The largest absolute Gasteiger partial charge is 0.444 e. The number of nitrogens with one attached hydrogen (secondary N) is 3. The van der Waals surface area contributed by atoms with Gasteiger partial charge in [-0.1, -0.05) is 18.2 Å². The number of hydrogen-bond donors (Lipinski definition) is 3. The highest BCUT2D eigenvalue weighted by atomic mass is 16.6. The van der Waals surface area contributed by atoms with Crippen molar-refractivity contribution >= 4 is 17.7 Å². The lowest BCUT2D eigenvalue weighted by Gasteiger charge is -2.20. The van der Waals surface area contributed by atoms with Gasteiger partial charge in [0.05, 0.1) is 0 Å². The van der Waals surface area contributed by atoms with Gasteiger partial charge in [0.25, 0.3) is 0 Å². The second kappa shape index (κ2) is 10.8. The minimum Gasteiger partial charge on any atom is -0.444 e. The summed E-state index contributed by atoms with van der Waals surface area (Å²) < 4.78 is 5.22. The number of aliphatic imine (C=N–C) groups is 1. The SMILES string of the molecule is CCNC(=NCCCNC(=O)OC(C)(C)C)NC1CCN(c2ccccc2)C1. The average molecular weight is 390 g/mol. The third-order valence-electron chi connectivity index (χ3n) is 4.27. The Hall–Kier alpha value is -2.44. The van der Waals surface area contributed by atoms with Gasteiger partial charge in [-0.15, -0.1) is 0 Å². The second-order valence-electron chi connectivity index (χ2n) is 7.95. The third kappa shape index (κ3) is 8.06. The molecule has 0 aliphatic carbocycles. The third-order valence-corrected chi connectivity index (χ3v) is 4.27. The molecule has 0 spiro atoms. The van der Waals surface area contributed by atoms with Gasteiger partial charge in [0, 0.05) is 44.5 Å². The van der Waals surface area contributed by atoms with Crippen LogP contribution < -0.4 is 20.9 Å². The quantitative estimate of drug-likeness (QED) is 0.380. The van der Waals surface area contributed by atoms with Gasteiger partial charge in [-0.2, -0.15) is 0 Å². The fourth-order valence-electron chi connectivity index (χ4n) is 3.04. The van der Waals surface area contributed by atoms with E-state index in [0.29, 0.717) is 19.1 Å². The Balaban J connectivity index is 1.73. The maximum atomic E-state index is 11.6. The van der Waals surface area contributed by atoms with Crippen molar-refractivity contribution in [1.82, 2.24) is 16.0 Å². The van der Waals surface area contributed by atoms with Crippen LogP contribution in [-0.2, 0) is 4.74 Å². The molecule has 28 heavy (non-hydrogen) atoms. The van der Waals surface area contributed by atoms with Crippen molar-refractivity contribution < 1.29 is 9.53 Å². The molecule has 0 saturated carbocycles. The first kappa shape index (κ1) is 21.9. The van der Waals surface area contributed by atoms with Crippen LogP contribution in [0.1, 0.15) is 40.5 Å². The molecule has 1 aromatic carbocycles. The van der Waals surface area contributed by atoms with Crippen LogP contribution in [0.25, 0.3) is 0 Å². The highest BCUT2D eigenvalue weighted by Gasteiger charge is 2.23. The number of para-hydroxylation sites is 1. The molecule has 0 radical (unpaired) electrons. The Morgan fingerprint density at radius 1 is 1.25 bits per heavy atom. The van der Waals surface area contributed by atoms with Gasteiger partial charge < -0.3 is 25.6 Å². The first-order valence-electron chi connectivity index (χ1n) is 10.2. The summed E-state index contributed by atoms with van der Waals surface area (Å²) in [7, 11) is 0. The topological polar surface area (TPSA) is 78.0 Å². The number of nitrogens with zero attached hydrogens (tertiary/aromatic N) is 2. The Morgan fingerprint density at radius 3 is 2.68 bits per heavy atom. The van der Waals surface area contributed by atoms with E-state index < -0.39 is 5.60 Å². The number of carbonyl (C=O) groups excluding carboxylic acids is 1. The van der Waals surface area contributed by atoms with E-state index in [4.69, 9.17) is 4.74 Å². The van der Waals surface area contributed by atoms with E-state index in [9.17, 15) is 4.79 Å². The van der Waals surface area contributed by atoms with E-state index >= 15 is 0 Å². The monoisotopic (exact) mass is 389 g/mol. The first-order chi connectivity index (χ1) is 13.4. The van der Waals surface area contributed by atoms with Gasteiger partial charge in [0.15, 0.2) is 5.96 Å². The Kier molecular flexibility index (Phi) is 8.42. The Labute approximate surface area is 168 Å². The van der Waals surface area contributed by atoms with Crippen molar-refractivity contribution in [3.05, 3.63) is 30.3 Å². The van der Waals surface area contributed by atoms with Gasteiger partial charge >= 0.3 is 6.09 Å². The number of ether oxygens (including phenoxy) is 1.